The number of imidazole rings is 1. The highest BCUT2D eigenvalue weighted by Gasteiger charge is 2.10. The van der Waals surface area contributed by atoms with E-state index in [4.69, 9.17) is 10.5 Å². The molecule has 0 bridgehead atoms. The lowest BCUT2D eigenvalue weighted by atomic mass is 10.3. The van der Waals surface area contributed by atoms with Crippen LogP contribution in [0.4, 0.5) is 14.7 Å². The molecule has 9 heteroatoms. The van der Waals surface area contributed by atoms with Gasteiger partial charge in [-0.2, -0.15) is 15.0 Å². The predicted molar refractivity (Wildman–Crippen MR) is 67.8 cm³/mol. The number of ether oxygens (including phenoxy) is 1. The molecule has 0 saturated heterocycles. The van der Waals surface area contributed by atoms with Crippen molar-refractivity contribution in [3.05, 3.63) is 48.6 Å². The Bertz CT molecular complexity index is 777. The molecule has 3 rings (SSSR count). The fourth-order valence-corrected chi connectivity index (χ4v) is 1.55. The summed E-state index contributed by atoms with van der Waals surface area (Å²) in [6.45, 7) is 0. The smallest absolute Gasteiger partial charge is 0.328 e. The van der Waals surface area contributed by atoms with Crippen molar-refractivity contribution in [3.63, 3.8) is 0 Å². The molecule has 0 aliphatic rings. The average Bonchev–Trinajstić information content (AvgIpc) is 2.96. The molecule has 2 heterocycles. The van der Waals surface area contributed by atoms with Crippen molar-refractivity contribution in [1.82, 2.24) is 24.5 Å². The Hall–Kier alpha value is -3.10. The fraction of sp³-hybridized carbons (Fsp3) is 0. The molecule has 0 fully saturated rings. The highest BCUT2D eigenvalue weighted by Crippen LogP contribution is 2.21. The quantitative estimate of drug-likeness (QED) is 0.789. The first-order valence-electron chi connectivity index (χ1n) is 5.74. The number of nitrogens with two attached hydrogens (primary N) is 1. The minimum atomic E-state index is -1.04. The molecule has 0 unspecified atom stereocenters. The summed E-state index contributed by atoms with van der Waals surface area (Å²) in [5, 5.41) is 0. The fourth-order valence-electron chi connectivity index (χ4n) is 1.55. The normalized spacial score (nSPS) is 10.6. The Morgan fingerprint density at radius 1 is 1.10 bits per heavy atom. The molecule has 0 aliphatic heterocycles. The number of halogens is 2. The van der Waals surface area contributed by atoms with E-state index in [1.807, 2.05) is 0 Å². The highest BCUT2D eigenvalue weighted by molar-refractivity contribution is 5.30. The second-order valence-corrected chi connectivity index (χ2v) is 3.92. The highest BCUT2D eigenvalue weighted by atomic mass is 19.2. The summed E-state index contributed by atoms with van der Waals surface area (Å²) in [7, 11) is 0. The maximum atomic E-state index is 13.1. The standard InChI is InChI=1S/C12H8F2N6O/c13-8-2-1-7(5-9(8)14)21-12-18-10(15)17-11(19-12)20-4-3-16-6-20/h1-6H,(H2,15,17,18,19). The van der Waals surface area contributed by atoms with E-state index in [2.05, 4.69) is 19.9 Å². The summed E-state index contributed by atoms with van der Waals surface area (Å²) in [5.74, 6) is -1.86. The van der Waals surface area contributed by atoms with Crippen LogP contribution in [0, 0.1) is 11.6 Å². The molecule has 0 radical (unpaired) electrons. The second kappa shape index (κ2) is 5.12. The van der Waals surface area contributed by atoms with E-state index in [1.54, 1.807) is 6.20 Å². The van der Waals surface area contributed by atoms with E-state index < -0.39 is 11.6 Å². The lowest BCUT2D eigenvalue weighted by Gasteiger charge is -2.06. The number of hydrogen-bond acceptors (Lipinski definition) is 6. The molecular formula is C12H8F2N6O. The number of nitrogen functional groups attached to an aromatic ring is 1. The van der Waals surface area contributed by atoms with Crippen molar-refractivity contribution >= 4 is 5.95 Å². The Morgan fingerprint density at radius 3 is 2.67 bits per heavy atom. The molecule has 2 aromatic heterocycles. The van der Waals surface area contributed by atoms with Gasteiger partial charge in [0.05, 0.1) is 0 Å². The van der Waals surface area contributed by atoms with Crippen LogP contribution in [0.25, 0.3) is 5.95 Å². The van der Waals surface area contributed by atoms with Crippen LogP contribution in [0.1, 0.15) is 0 Å². The topological polar surface area (TPSA) is 91.7 Å². The third-order valence-corrected chi connectivity index (χ3v) is 2.46. The first-order valence-corrected chi connectivity index (χ1v) is 5.74. The molecule has 0 aliphatic carbocycles. The summed E-state index contributed by atoms with van der Waals surface area (Å²) in [6, 6.07) is 2.92. The lowest BCUT2D eigenvalue weighted by Crippen LogP contribution is -2.06. The second-order valence-electron chi connectivity index (χ2n) is 3.92. The van der Waals surface area contributed by atoms with Gasteiger partial charge in [-0.15, -0.1) is 0 Å². The Morgan fingerprint density at radius 2 is 1.95 bits per heavy atom. The van der Waals surface area contributed by atoms with Gasteiger partial charge in [0, 0.05) is 18.5 Å². The zero-order valence-electron chi connectivity index (χ0n) is 10.4. The van der Waals surface area contributed by atoms with Crippen molar-refractivity contribution in [2.45, 2.75) is 0 Å². The molecule has 0 atom stereocenters. The van der Waals surface area contributed by atoms with E-state index in [1.165, 1.54) is 23.2 Å². The van der Waals surface area contributed by atoms with Gasteiger partial charge in [-0.05, 0) is 12.1 Å². The molecule has 2 N–H and O–H groups in total. The Balaban J connectivity index is 1.93. The van der Waals surface area contributed by atoms with E-state index in [9.17, 15) is 8.78 Å². The molecule has 106 valence electrons. The zero-order chi connectivity index (χ0) is 14.8. The van der Waals surface area contributed by atoms with Crippen LogP contribution in [0.5, 0.6) is 11.8 Å². The lowest BCUT2D eigenvalue weighted by molar-refractivity contribution is 0.429. The molecule has 21 heavy (non-hydrogen) atoms. The number of nitrogens with zero attached hydrogens (tertiary/aromatic N) is 5. The number of anilines is 1. The summed E-state index contributed by atoms with van der Waals surface area (Å²) < 4.78 is 32.7. The minimum absolute atomic E-state index is 0.0380. The van der Waals surface area contributed by atoms with Gasteiger partial charge in [0.25, 0.3) is 0 Å². The van der Waals surface area contributed by atoms with Gasteiger partial charge in [-0.1, -0.05) is 0 Å². The average molecular weight is 290 g/mol. The van der Waals surface area contributed by atoms with E-state index >= 15 is 0 Å². The zero-order valence-corrected chi connectivity index (χ0v) is 10.4. The Kier molecular flexibility index (Phi) is 3.14. The number of hydrogen-bond donors (Lipinski definition) is 1. The van der Waals surface area contributed by atoms with Gasteiger partial charge in [0.15, 0.2) is 11.6 Å². The molecule has 7 nitrogen and oxygen atoms in total. The van der Waals surface area contributed by atoms with Gasteiger partial charge in [0.2, 0.25) is 11.9 Å². The third-order valence-electron chi connectivity index (χ3n) is 2.46. The van der Waals surface area contributed by atoms with Gasteiger partial charge >= 0.3 is 6.01 Å². The van der Waals surface area contributed by atoms with Crippen LogP contribution in [0.2, 0.25) is 0 Å². The third kappa shape index (κ3) is 2.76. The van der Waals surface area contributed by atoms with Crippen LogP contribution in [0.15, 0.2) is 36.9 Å². The van der Waals surface area contributed by atoms with Crippen LogP contribution in [0.3, 0.4) is 0 Å². The van der Waals surface area contributed by atoms with E-state index in [0.29, 0.717) is 0 Å². The monoisotopic (exact) mass is 290 g/mol. The first-order chi connectivity index (χ1) is 10.1. The predicted octanol–water partition coefficient (Wildman–Crippen LogP) is 1.71. The number of aromatic nitrogens is 5. The maximum Gasteiger partial charge on any atom is 0.328 e. The molecule has 0 spiro atoms. The maximum absolute atomic E-state index is 13.1. The molecule has 0 saturated carbocycles. The van der Waals surface area contributed by atoms with Crippen molar-refractivity contribution in [2.75, 3.05) is 5.73 Å². The summed E-state index contributed by atoms with van der Waals surface area (Å²) >= 11 is 0. The van der Waals surface area contributed by atoms with Gasteiger partial charge in [0.1, 0.15) is 12.1 Å². The molecule has 0 amide bonds. The Labute approximate surface area is 117 Å². The summed E-state index contributed by atoms with van der Waals surface area (Å²) in [6.07, 6.45) is 4.61. The largest absolute Gasteiger partial charge is 0.424 e. The summed E-state index contributed by atoms with van der Waals surface area (Å²) in [4.78, 5) is 15.5. The van der Waals surface area contributed by atoms with Crippen molar-refractivity contribution < 1.29 is 13.5 Å². The van der Waals surface area contributed by atoms with Gasteiger partial charge < -0.3 is 10.5 Å². The van der Waals surface area contributed by atoms with Crippen molar-refractivity contribution in [1.29, 1.82) is 0 Å². The van der Waals surface area contributed by atoms with Crippen molar-refractivity contribution in [3.8, 4) is 17.7 Å². The minimum Gasteiger partial charge on any atom is -0.424 e. The van der Waals surface area contributed by atoms with Gasteiger partial charge in [-0.25, -0.2) is 13.8 Å². The van der Waals surface area contributed by atoms with E-state index in [0.717, 1.165) is 12.1 Å². The van der Waals surface area contributed by atoms with E-state index in [-0.39, 0.29) is 23.7 Å². The molecular weight excluding hydrogens is 282 g/mol. The van der Waals surface area contributed by atoms with Crippen LogP contribution in [-0.2, 0) is 0 Å². The van der Waals surface area contributed by atoms with Gasteiger partial charge in [-0.3, -0.25) is 4.57 Å². The van der Waals surface area contributed by atoms with Crippen LogP contribution < -0.4 is 10.5 Å². The van der Waals surface area contributed by atoms with Crippen LogP contribution in [-0.4, -0.2) is 24.5 Å². The molecule has 1 aromatic carbocycles. The first kappa shape index (κ1) is 12.9. The SMILES string of the molecule is Nc1nc(Oc2ccc(F)c(F)c2)nc(-n2ccnc2)n1. The number of rotatable bonds is 3. The van der Waals surface area contributed by atoms with Crippen molar-refractivity contribution in [2.24, 2.45) is 0 Å². The van der Waals surface area contributed by atoms with Crippen LogP contribution >= 0.6 is 0 Å². The molecule has 3 aromatic rings. The summed E-state index contributed by atoms with van der Waals surface area (Å²) in [5.41, 5.74) is 5.56. The number of benzene rings is 1.